The number of hydrogen-bond donors (Lipinski definition) is 2. The Hall–Kier alpha value is -0.970. The molecule has 1 aliphatic rings. The van der Waals surface area contributed by atoms with Crippen LogP contribution < -0.4 is 0 Å². The van der Waals surface area contributed by atoms with Gasteiger partial charge in [-0.2, -0.15) is 0 Å². The van der Waals surface area contributed by atoms with Crippen molar-refractivity contribution in [3.63, 3.8) is 0 Å². The molecule has 1 aromatic rings. The fourth-order valence-corrected chi connectivity index (χ4v) is 1.81. The van der Waals surface area contributed by atoms with Crippen molar-refractivity contribution >= 4 is 0 Å². The van der Waals surface area contributed by atoms with E-state index in [1.54, 1.807) is 12.1 Å². The summed E-state index contributed by atoms with van der Waals surface area (Å²) in [5.74, 6) is -0.321. The Morgan fingerprint density at radius 1 is 1.47 bits per heavy atom. The van der Waals surface area contributed by atoms with Crippen LogP contribution in [-0.2, 0) is 4.74 Å². The molecule has 0 aliphatic carbocycles. The molecular formula is C11H13FO3. The van der Waals surface area contributed by atoms with Crippen LogP contribution in [0.15, 0.2) is 24.3 Å². The molecule has 1 fully saturated rings. The maximum Gasteiger partial charge on any atom is 0.123 e. The molecule has 0 aromatic heterocycles. The lowest BCUT2D eigenvalue weighted by atomic mass is 10.0. The molecule has 3 nitrogen and oxygen atoms in total. The van der Waals surface area contributed by atoms with E-state index in [9.17, 15) is 9.50 Å². The van der Waals surface area contributed by atoms with Crippen LogP contribution in [0.3, 0.4) is 0 Å². The first-order chi connectivity index (χ1) is 7.20. The SMILES string of the molecule is OC[C@H]1O[C@@H](c2cccc(F)c2)C[C@@H]1O. The molecule has 2 N–H and O–H groups in total. The van der Waals surface area contributed by atoms with E-state index in [4.69, 9.17) is 9.84 Å². The summed E-state index contributed by atoms with van der Waals surface area (Å²) in [7, 11) is 0. The zero-order chi connectivity index (χ0) is 10.8. The summed E-state index contributed by atoms with van der Waals surface area (Å²) in [6, 6.07) is 6.10. The molecule has 0 saturated carbocycles. The van der Waals surface area contributed by atoms with Gasteiger partial charge in [0.1, 0.15) is 11.9 Å². The van der Waals surface area contributed by atoms with E-state index in [0.717, 1.165) is 0 Å². The molecule has 4 heteroatoms. The Bertz CT molecular complexity index is 342. The smallest absolute Gasteiger partial charge is 0.123 e. The maximum atomic E-state index is 12.9. The quantitative estimate of drug-likeness (QED) is 0.769. The van der Waals surface area contributed by atoms with E-state index < -0.39 is 12.2 Å². The van der Waals surface area contributed by atoms with Crippen LogP contribution in [0.5, 0.6) is 0 Å². The van der Waals surface area contributed by atoms with Crippen LogP contribution in [-0.4, -0.2) is 29.0 Å². The first-order valence-electron chi connectivity index (χ1n) is 4.90. The van der Waals surface area contributed by atoms with Crippen molar-refractivity contribution in [2.75, 3.05) is 6.61 Å². The minimum Gasteiger partial charge on any atom is -0.394 e. The minimum atomic E-state index is -0.678. The minimum absolute atomic E-state index is 0.215. The number of aliphatic hydroxyl groups excluding tert-OH is 2. The molecule has 0 radical (unpaired) electrons. The summed E-state index contributed by atoms with van der Waals surface area (Å²) >= 11 is 0. The van der Waals surface area contributed by atoms with Gasteiger partial charge < -0.3 is 14.9 Å². The van der Waals surface area contributed by atoms with Crippen LogP contribution >= 0.6 is 0 Å². The molecule has 82 valence electrons. The van der Waals surface area contributed by atoms with E-state index in [1.165, 1.54) is 12.1 Å². The van der Waals surface area contributed by atoms with Gasteiger partial charge in [-0.3, -0.25) is 0 Å². The maximum absolute atomic E-state index is 12.9. The van der Waals surface area contributed by atoms with Gasteiger partial charge in [0.05, 0.1) is 18.8 Å². The van der Waals surface area contributed by atoms with Crippen LogP contribution in [0.1, 0.15) is 18.1 Å². The van der Waals surface area contributed by atoms with Gasteiger partial charge in [-0.15, -0.1) is 0 Å². The van der Waals surface area contributed by atoms with Gasteiger partial charge in [0, 0.05) is 6.42 Å². The Morgan fingerprint density at radius 2 is 2.27 bits per heavy atom. The molecule has 3 atom stereocenters. The van der Waals surface area contributed by atoms with E-state index in [2.05, 4.69) is 0 Å². The van der Waals surface area contributed by atoms with Crippen molar-refractivity contribution < 1.29 is 19.3 Å². The molecular weight excluding hydrogens is 199 g/mol. The summed E-state index contributed by atoms with van der Waals surface area (Å²) in [5, 5.41) is 18.4. The van der Waals surface area contributed by atoms with Gasteiger partial charge in [0.15, 0.2) is 0 Å². The highest BCUT2D eigenvalue weighted by Gasteiger charge is 2.34. The number of hydrogen-bond acceptors (Lipinski definition) is 3. The summed E-state index contributed by atoms with van der Waals surface area (Å²) in [6.45, 7) is -0.215. The molecule has 0 unspecified atom stereocenters. The lowest BCUT2D eigenvalue weighted by Crippen LogP contribution is -2.24. The zero-order valence-corrected chi connectivity index (χ0v) is 8.14. The van der Waals surface area contributed by atoms with Gasteiger partial charge >= 0.3 is 0 Å². The normalized spacial score (nSPS) is 30.7. The molecule has 1 heterocycles. The predicted octanol–water partition coefficient (Wildman–Crippen LogP) is 1.01. The molecule has 0 bridgehead atoms. The third-order valence-corrected chi connectivity index (χ3v) is 2.62. The second kappa shape index (κ2) is 4.26. The number of benzene rings is 1. The van der Waals surface area contributed by atoms with Gasteiger partial charge in [0.2, 0.25) is 0 Å². The van der Waals surface area contributed by atoms with Gasteiger partial charge in [0.25, 0.3) is 0 Å². The topological polar surface area (TPSA) is 49.7 Å². The summed E-state index contributed by atoms with van der Waals surface area (Å²) in [6.07, 6.45) is -1.16. The second-order valence-corrected chi connectivity index (χ2v) is 3.70. The van der Waals surface area contributed by atoms with Crippen molar-refractivity contribution in [2.45, 2.75) is 24.7 Å². The molecule has 1 saturated heterocycles. The predicted molar refractivity (Wildman–Crippen MR) is 51.7 cm³/mol. The van der Waals surface area contributed by atoms with Crippen molar-refractivity contribution in [3.05, 3.63) is 35.6 Å². The van der Waals surface area contributed by atoms with Crippen LogP contribution in [0, 0.1) is 5.82 Å². The van der Waals surface area contributed by atoms with E-state index in [-0.39, 0.29) is 18.5 Å². The Morgan fingerprint density at radius 3 is 2.87 bits per heavy atom. The van der Waals surface area contributed by atoms with Crippen LogP contribution in [0.2, 0.25) is 0 Å². The third-order valence-electron chi connectivity index (χ3n) is 2.62. The second-order valence-electron chi connectivity index (χ2n) is 3.70. The van der Waals surface area contributed by atoms with Crippen LogP contribution in [0.4, 0.5) is 4.39 Å². The van der Waals surface area contributed by atoms with Gasteiger partial charge in [-0.1, -0.05) is 12.1 Å². The average Bonchev–Trinajstić information content (AvgIpc) is 2.60. The largest absolute Gasteiger partial charge is 0.394 e. The number of ether oxygens (including phenoxy) is 1. The summed E-state index contributed by atoms with van der Waals surface area (Å²) in [5.41, 5.74) is 0.699. The van der Waals surface area contributed by atoms with Crippen molar-refractivity contribution in [2.24, 2.45) is 0 Å². The average molecular weight is 212 g/mol. The molecule has 15 heavy (non-hydrogen) atoms. The monoisotopic (exact) mass is 212 g/mol. The third kappa shape index (κ3) is 2.17. The van der Waals surface area contributed by atoms with Gasteiger partial charge in [-0.25, -0.2) is 4.39 Å². The van der Waals surface area contributed by atoms with Crippen LogP contribution in [0.25, 0.3) is 0 Å². The van der Waals surface area contributed by atoms with E-state index in [0.29, 0.717) is 12.0 Å². The van der Waals surface area contributed by atoms with E-state index in [1.807, 2.05) is 0 Å². The first-order valence-corrected chi connectivity index (χ1v) is 4.90. The highest BCUT2D eigenvalue weighted by molar-refractivity contribution is 5.20. The Balaban J connectivity index is 2.13. The molecule has 2 rings (SSSR count). The highest BCUT2D eigenvalue weighted by Crippen LogP contribution is 2.32. The zero-order valence-electron chi connectivity index (χ0n) is 8.14. The number of rotatable bonds is 2. The molecule has 0 spiro atoms. The fourth-order valence-electron chi connectivity index (χ4n) is 1.81. The molecule has 0 amide bonds. The molecule has 1 aliphatic heterocycles. The Kier molecular flexibility index (Phi) is 3.00. The summed E-state index contributed by atoms with van der Waals surface area (Å²) < 4.78 is 18.3. The lowest BCUT2D eigenvalue weighted by molar-refractivity contribution is -0.0226. The lowest BCUT2D eigenvalue weighted by Gasteiger charge is -2.12. The number of halogens is 1. The van der Waals surface area contributed by atoms with E-state index >= 15 is 0 Å². The summed E-state index contributed by atoms with van der Waals surface area (Å²) in [4.78, 5) is 0. The standard InChI is InChI=1S/C11H13FO3/c12-8-3-1-2-7(4-8)10-5-9(14)11(6-13)15-10/h1-4,9-11,13-14H,5-6H2/t9-,10+,11+/m0/s1. The van der Waals surface area contributed by atoms with Crippen molar-refractivity contribution in [1.82, 2.24) is 0 Å². The molecule has 1 aromatic carbocycles. The first kappa shape index (κ1) is 10.5. The highest BCUT2D eigenvalue weighted by atomic mass is 19.1. The van der Waals surface area contributed by atoms with Crippen molar-refractivity contribution in [1.29, 1.82) is 0 Å². The number of aliphatic hydroxyl groups is 2. The fraction of sp³-hybridized carbons (Fsp3) is 0.455. The Labute approximate surface area is 87.1 Å². The van der Waals surface area contributed by atoms with Gasteiger partial charge in [-0.05, 0) is 17.7 Å². The van der Waals surface area contributed by atoms with Crippen molar-refractivity contribution in [3.8, 4) is 0 Å².